The number of rotatable bonds is 3. The Hall–Kier alpha value is -1.84. The van der Waals surface area contributed by atoms with Crippen molar-refractivity contribution in [2.24, 2.45) is 11.8 Å². The third-order valence-electron chi connectivity index (χ3n) is 4.27. The second kappa shape index (κ2) is 5.03. The first-order chi connectivity index (χ1) is 8.94. The van der Waals surface area contributed by atoms with Gasteiger partial charge in [0.25, 0.3) is 0 Å². The van der Waals surface area contributed by atoms with Crippen molar-refractivity contribution in [3.63, 3.8) is 0 Å². The van der Waals surface area contributed by atoms with E-state index in [1.165, 1.54) is 0 Å². The van der Waals surface area contributed by atoms with E-state index in [1.54, 1.807) is 0 Å². The van der Waals surface area contributed by atoms with Crippen molar-refractivity contribution in [1.29, 1.82) is 0 Å². The molecule has 19 heavy (non-hydrogen) atoms. The molecule has 1 aliphatic rings. The van der Waals surface area contributed by atoms with Crippen molar-refractivity contribution in [2.45, 2.75) is 31.6 Å². The molecule has 0 aliphatic heterocycles. The van der Waals surface area contributed by atoms with Crippen LogP contribution < -0.4 is 0 Å². The molecule has 102 valence electrons. The molecular weight excluding hydrogens is 244 g/mol. The molecule has 2 N–H and O–H groups in total. The topological polar surface area (TPSA) is 74.6 Å². The monoisotopic (exact) mass is 262 g/mol. The highest BCUT2D eigenvalue weighted by Gasteiger charge is 2.44. The third kappa shape index (κ3) is 2.62. The van der Waals surface area contributed by atoms with Crippen molar-refractivity contribution in [2.75, 3.05) is 0 Å². The van der Waals surface area contributed by atoms with Gasteiger partial charge in [0.2, 0.25) is 0 Å². The highest BCUT2D eigenvalue weighted by atomic mass is 16.4. The van der Waals surface area contributed by atoms with Gasteiger partial charge in [0.15, 0.2) is 0 Å². The summed E-state index contributed by atoms with van der Waals surface area (Å²) in [6.45, 7) is 2.02. The summed E-state index contributed by atoms with van der Waals surface area (Å²) in [5, 5.41) is 18.4. The van der Waals surface area contributed by atoms with Crippen molar-refractivity contribution < 1.29 is 19.8 Å². The summed E-state index contributed by atoms with van der Waals surface area (Å²) >= 11 is 0. The fraction of sp³-hybridized carbons (Fsp3) is 0.467. The molecule has 0 aromatic heterocycles. The van der Waals surface area contributed by atoms with E-state index in [0.717, 1.165) is 5.56 Å². The predicted molar refractivity (Wildman–Crippen MR) is 69.9 cm³/mol. The van der Waals surface area contributed by atoms with Crippen LogP contribution in [-0.4, -0.2) is 22.2 Å². The maximum absolute atomic E-state index is 11.3. The molecule has 1 saturated carbocycles. The normalized spacial score (nSPS) is 30.8. The van der Waals surface area contributed by atoms with E-state index in [4.69, 9.17) is 5.11 Å². The lowest BCUT2D eigenvalue weighted by Crippen LogP contribution is -2.41. The Morgan fingerprint density at radius 1 is 1.11 bits per heavy atom. The SMILES string of the molecule is C[C@]1(c2ccccc2)CC[C@H](C(=O)O)[C@@H](C(=O)O)C1. The van der Waals surface area contributed by atoms with Crippen LogP contribution in [0, 0.1) is 11.8 Å². The summed E-state index contributed by atoms with van der Waals surface area (Å²) in [6, 6.07) is 9.75. The van der Waals surface area contributed by atoms with Crippen LogP contribution in [-0.2, 0) is 15.0 Å². The predicted octanol–water partition coefficient (Wildman–Crippen LogP) is 2.53. The van der Waals surface area contributed by atoms with E-state index in [2.05, 4.69) is 0 Å². The van der Waals surface area contributed by atoms with E-state index in [0.29, 0.717) is 19.3 Å². The smallest absolute Gasteiger partial charge is 0.307 e. The number of carbonyl (C=O) groups is 2. The Kier molecular flexibility index (Phi) is 3.60. The highest BCUT2D eigenvalue weighted by Crippen LogP contribution is 2.44. The minimum absolute atomic E-state index is 0.254. The molecule has 4 heteroatoms. The van der Waals surface area contributed by atoms with Crippen LogP contribution in [0.25, 0.3) is 0 Å². The average Bonchev–Trinajstić information content (AvgIpc) is 2.39. The Morgan fingerprint density at radius 3 is 2.21 bits per heavy atom. The molecule has 0 radical (unpaired) electrons. The van der Waals surface area contributed by atoms with E-state index in [1.807, 2.05) is 37.3 Å². The summed E-state index contributed by atoms with van der Waals surface area (Å²) in [4.78, 5) is 22.5. The lowest BCUT2D eigenvalue weighted by Gasteiger charge is -2.40. The Morgan fingerprint density at radius 2 is 1.68 bits per heavy atom. The average molecular weight is 262 g/mol. The highest BCUT2D eigenvalue weighted by molar-refractivity contribution is 5.80. The molecule has 4 nitrogen and oxygen atoms in total. The lowest BCUT2D eigenvalue weighted by atomic mass is 9.63. The summed E-state index contributed by atoms with van der Waals surface area (Å²) in [5.74, 6) is -3.58. The van der Waals surface area contributed by atoms with Gasteiger partial charge in [0.05, 0.1) is 11.8 Å². The fourth-order valence-electron chi connectivity index (χ4n) is 3.06. The zero-order chi connectivity index (χ0) is 14.0. The quantitative estimate of drug-likeness (QED) is 0.877. The lowest BCUT2D eigenvalue weighted by molar-refractivity contribution is -0.156. The van der Waals surface area contributed by atoms with E-state index in [9.17, 15) is 14.7 Å². The van der Waals surface area contributed by atoms with Crippen molar-refractivity contribution in [1.82, 2.24) is 0 Å². The second-order valence-corrected chi connectivity index (χ2v) is 5.56. The first kappa shape index (κ1) is 13.6. The molecule has 1 fully saturated rings. The number of hydrogen-bond donors (Lipinski definition) is 2. The molecule has 1 aromatic rings. The summed E-state index contributed by atoms with van der Waals surface area (Å²) in [5.41, 5.74) is 0.834. The fourth-order valence-corrected chi connectivity index (χ4v) is 3.06. The molecule has 1 aromatic carbocycles. The zero-order valence-corrected chi connectivity index (χ0v) is 10.9. The molecule has 3 atom stereocenters. The van der Waals surface area contributed by atoms with Crippen LogP contribution in [0.5, 0.6) is 0 Å². The van der Waals surface area contributed by atoms with E-state index >= 15 is 0 Å². The molecular formula is C15H18O4. The Balaban J connectivity index is 2.28. The molecule has 0 bridgehead atoms. The van der Waals surface area contributed by atoms with Gasteiger partial charge in [0, 0.05) is 0 Å². The van der Waals surface area contributed by atoms with Crippen molar-refractivity contribution in [3.05, 3.63) is 35.9 Å². The summed E-state index contributed by atoms with van der Waals surface area (Å²) in [6.07, 6.45) is 1.50. The summed E-state index contributed by atoms with van der Waals surface area (Å²) in [7, 11) is 0. The van der Waals surface area contributed by atoms with Crippen LogP contribution in [0.2, 0.25) is 0 Å². The maximum Gasteiger partial charge on any atom is 0.307 e. The largest absolute Gasteiger partial charge is 0.481 e. The van der Waals surface area contributed by atoms with Gasteiger partial charge in [-0.3, -0.25) is 9.59 Å². The van der Waals surface area contributed by atoms with E-state index < -0.39 is 23.8 Å². The van der Waals surface area contributed by atoms with Gasteiger partial charge in [-0.05, 0) is 30.2 Å². The van der Waals surface area contributed by atoms with Gasteiger partial charge in [-0.1, -0.05) is 37.3 Å². The van der Waals surface area contributed by atoms with Crippen LogP contribution >= 0.6 is 0 Å². The molecule has 0 saturated heterocycles. The van der Waals surface area contributed by atoms with Crippen LogP contribution in [0.1, 0.15) is 31.7 Å². The van der Waals surface area contributed by atoms with Gasteiger partial charge >= 0.3 is 11.9 Å². The zero-order valence-electron chi connectivity index (χ0n) is 10.9. The van der Waals surface area contributed by atoms with Gasteiger partial charge < -0.3 is 10.2 Å². The molecule has 0 amide bonds. The first-order valence-corrected chi connectivity index (χ1v) is 6.45. The van der Waals surface area contributed by atoms with Gasteiger partial charge in [-0.2, -0.15) is 0 Å². The number of aliphatic carboxylic acids is 2. The molecule has 2 rings (SSSR count). The Bertz CT molecular complexity index is 482. The van der Waals surface area contributed by atoms with Gasteiger partial charge in [-0.25, -0.2) is 0 Å². The minimum Gasteiger partial charge on any atom is -0.481 e. The van der Waals surface area contributed by atoms with Crippen LogP contribution in [0.15, 0.2) is 30.3 Å². The van der Waals surface area contributed by atoms with Gasteiger partial charge in [-0.15, -0.1) is 0 Å². The standard InChI is InChI=1S/C15H18O4/c1-15(10-5-3-2-4-6-10)8-7-11(13(16)17)12(9-15)14(18)19/h2-6,11-12H,7-9H2,1H3,(H,16,17)(H,18,19)/t11-,12-,15-/m0/s1. The van der Waals surface area contributed by atoms with Gasteiger partial charge in [0.1, 0.15) is 0 Å². The van der Waals surface area contributed by atoms with E-state index in [-0.39, 0.29) is 5.41 Å². The number of benzene rings is 1. The first-order valence-electron chi connectivity index (χ1n) is 6.45. The summed E-state index contributed by atoms with van der Waals surface area (Å²) < 4.78 is 0. The second-order valence-electron chi connectivity index (χ2n) is 5.56. The third-order valence-corrected chi connectivity index (χ3v) is 4.27. The minimum atomic E-state index is -1.01. The van der Waals surface area contributed by atoms with Crippen LogP contribution in [0.3, 0.4) is 0 Å². The maximum atomic E-state index is 11.3. The molecule has 0 heterocycles. The molecule has 0 unspecified atom stereocenters. The molecule has 0 spiro atoms. The number of carboxylic acid groups (broad SMARTS) is 2. The van der Waals surface area contributed by atoms with Crippen LogP contribution in [0.4, 0.5) is 0 Å². The number of carboxylic acids is 2. The van der Waals surface area contributed by atoms with Crippen molar-refractivity contribution in [3.8, 4) is 0 Å². The van der Waals surface area contributed by atoms with Crippen molar-refractivity contribution >= 4 is 11.9 Å². The Labute approximate surface area is 112 Å². The molecule has 1 aliphatic carbocycles. The number of hydrogen-bond acceptors (Lipinski definition) is 2.